The zero-order valence-electron chi connectivity index (χ0n) is 12.2. The maximum absolute atomic E-state index is 12.1. The number of carboxylic acids is 1. The highest BCUT2D eigenvalue weighted by Gasteiger charge is 2.19. The van der Waals surface area contributed by atoms with Crippen molar-refractivity contribution in [2.75, 3.05) is 0 Å². The summed E-state index contributed by atoms with van der Waals surface area (Å²) in [6.07, 6.45) is 2.44. The van der Waals surface area contributed by atoms with Crippen LogP contribution in [0.5, 0.6) is 0 Å². The molecule has 2 heterocycles. The number of nitrogens with zero attached hydrogens (tertiary/aromatic N) is 4. The molecule has 9 heteroatoms. The molecule has 0 spiro atoms. The van der Waals surface area contributed by atoms with Crippen LogP contribution in [-0.2, 0) is 6.54 Å². The highest BCUT2D eigenvalue weighted by molar-refractivity contribution is 6.01. The minimum atomic E-state index is -1.33. The molecule has 24 heavy (non-hydrogen) atoms. The Labute approximate surface area is 135 Å². The predicted molar refractivity (Wildman–Crippen MR) is 79.9 cm³/mol. The van der Waals surface area contributed by atoms with Crippen LogP contribution in [0.1, 0.15) is 26.8 Å². The van der Waals surface area contributed by atoms with Gasteiger partial charge in [0.25, 0.3) is 11.8 Å². The highest BCUT2D eigenvalue weighted by atomic mass is 16.5. The van der Waals surface area contributed by atoms with Crippen molar-refractivity contribution in [3.63, 3.8) is 0 Å². The Bertz CT molecular complexity index is 878. The third kappa shape index (κ3) is 3.24. The fourth-order valence-electron chi connectivity index (χ4n) is 1.93. The number of hydrogen-bond acceptors (Lipinski definition) is 7. The molecule has 1 aromatic carbocycles. The summed E-state index contributed by atoms with van der Waals surface area (Å²) < 4.78 is 5.12. The van der Waals surface area contributed by atoms with Gasteiger partial charge >= 0.3 is 5.97 Å². The number of benzene rings is 1. The maximum atomic E-state index is 12.1. The first kappa shape index (κ1) is 15.3. The largest absolute Gasteiger partial charge is 0.476 e. The topological polar surface area (TPSA) is 131 Å². The summed E-state index contributed by atoms with van der Waals surface area (Å²) in [6.45, 7) is -0.0369. The number of hydrogen-bond donors (Lipinski definition) is 2. The summed E-state index contributed by atoms with van der Waals surface area (Å²) >= 11 is 0. The number of aromatic carboxylic acids is 1. The van der Waals surface area contributed by atoms with Crippen molar-refractivity contribution >= 4 is 11.9 Å². The Hall–Kier alpha value is -3.62. The quantitative estimate of drug-likeness (QED) is 0.714. The summed E-state index contributed by atoms with van der Waals surface area (Å²) in [5.74, 6) is -1.45. The Kier molecular flexibility index (Phi) is 4.23. The third-order valence-electron chi connectivity index (χ3n) is 3.01. The van der Waals surface area contributed by atoms with Gasteiger partial charge in [0.05, 0.1) is 6.54 Å². The van der Waals surface area contributed by atoms with E-state index >= 15 is 0 Å². The van der Waals surface area contributed by atoms with E-state index in [9.17, 15) is 9.59 Å². The highest BCUT2D eigenvalue weighted by Crippen LogP contribution is 2.15. The molecule has 0 bridgehead atoms. The lowest BCUT2D eigenvalue weighted by Crippen LogP contribution is -2.27. The third-order valence-corrected chi connectivity index (χ3v) is 3.01. The van der Waals surface area contributed by atoms with Crippen molar-refractivity contribution in [3.05, 3.63) is 59.9 Å². The lowest BCUT2D eigenvalue weighted by Gasteiger charge is -2.03. The van der Waals surface area contributed by atoms with Crippen molar-refractivity contribution < 1.29 is 19.2 Å². The lowest BCUT2D eigenvalue weighted by molar-refractivity contribution is 0.0683. The number of carbonyl (C=O) groups excluding carboxylic acids is 1. The minimum Gasteiger partial charge on any atom is -0.476 e. The fourth-order valence-corrected chi connectivity index (χ4v) is 1.93. The molecular formula is C15H11N5O4. The minimum absolute atomic E-state index is 0.0369. The van der Waals surface area contributed by atoms with E-state index in [0.29, 0.717) is 5.89 Å². The Morgan fingerprint density at radius 3 is 2.50 bits per heavy atom. The van der Waals surface area contributed by atoms with E-state index < -0.39 is 17.6 Å². The molecule has 3 rings (SSSR count). The smallest absolute Gasteiger partial charge is 0.356 e. The van der Waals surface area contributed by atoms with Crippen LogP contribution in [0.3, 0.4) is 0 Å². The van der Waals surface area contributed by atoms with Gasteiger partial charge in [-0.1, -0.05) is 23.4 Å². The van der Waals surface area contributed by atoms with Gasteiger partial charge < -0.3 is 14.9 Å². The molecule has 0 atom stereocenters. The Morgan fingerprint density at radius 2 is 1.79 bits per heavy atom. The predicted octanol–water partition coefficient (Wildman–Crippen LogP) is 1.15. The molecule has 0 saturated carbocycles. The summed E-state index contributed by atoms with van der Waals surface area (Å²) in [4.78, 5) is 34.6. The summed E-state index contributed by atoms with van der Waals surface area (Å²) in [7, 11) is 0. The lowest BCUT2D eigenvalue weighted by atomic mass is 10.2. The summed E-state index contributed by atoms with van der Waals surface area (Å²) in [5, 5.41) is 15.3. The molecule has 0 aliphatic rings. The van der Waals surface area contributed by atoms with Gasteiger partial charge in [-0.3, -0.25) is 4.79 Å². The average molecular weight is 325 g/mol. The fraction of sp³-hybridized carbons (Fsp3) is 0.0667. The van der Waals surface area contributed by atoms with Crippen LogP contribution >= 0.6 is 0 Å². The van der Waals surface area contributed by atoms with Crippen molar-refractivity contribution in [1.29, 1.82) is 0 Å². The number of aromatic nitrogens is 4. The van der Waals surface area contributed by atoms with Crippen molar-refractivity contribution in [1.82, 2.24) is 25.4 Å². The zero-order valence-corrected chi connectivity index (χ0v) is 12.2. The first-order chi connectivity index (χ1) is 11.6. The molecule has 0 aliphatic heterocycles. The first-order valence-corrected chi connectivity index (χ1v) is 6.85. The van der Waals surface area contributed by atoms with Crippen LogP contribution in [0.15, 0.2) is 47.2 Å². The number of carbonyl (C=O) groups is 2. The van der Waals surface area contributed by atoms with Crippen molar-refractivity contribution in [2.24, 2.45) is 0 Å². The van der Waals surface area contributed by atoms with Crippen LogP contribution in [0.25, 0.3) is 11.5 Å². The second-order valence-electron chi connectivity index (χ2n) is 4.62. The van der Waals surface area contributed by atoms with Crippen LogP contribution in [-0.4, -0.2) is 37.1 Å². The van der Waals surface area contributed by atoms with E-state index in [1.54, 1.807) is 0 Å². The normalized spacial score (nSPS) is 10.3. The van der Waals surface area contributed by atoms with Crippen LogP contribution in [0.4, 0.5) is 0 Å². The van der Waals surface area contributed by atoms with E-state index in [1.165, 1.54) is 12.4 Å². The molecule has 0 unspecified atom stereocenters. The van der Waals surface area contributed by atoms with Gasteiger partial charge in [-0.05, 0) is 12.1 Å². The molecule has 9 nitrogen and oxygen atoms in total. The Morgan fingerprint density at radius 1 is 1.08 bits per heavy atom. The molecule has 0 radical (unpaired) electrons. The monoisotopic (exact) mass is 325 g/mol. The van der Waals surface area contributed by atoms with Gasteiger partial charge in [0.15, 0.2) is 17.2 Å². The number of rotatable bonds is 5. The van der Waals surface area contributed by atoms with E-state index in [2.05, 4.69) is 25.4 Å². The molecule has 120 valence electrons. The van der Waals surface area contributed by atoms with Gasteiger partial charge in [-0.2, -0.15) is 4.98 Å². The molecule has 0 saturated heterocycles. The van der Waals surface area contributed by atoms with E-state index in [-0.39, 0.29) is 18.1 Å². The van der Waals surface area contributed by atoms with Crippen molar-refractivity contribution in [3.8, 4) is 11.5 Å². The number of carboxylic acid groups (broad SMARTS) is 1. The second kappa shape index (κ2) is 6.65. The first-order valence-electron chi connectivity index (χ1n) is 6.85. The van der Waals surface area contributed by atoms with Gasteiger partial charge in [0.2, 0.25) is 0 Å². The molecule has 1 amide bonds. The number of amides is 1. The molecule has 0 aliphatic carbocycles. The Balaban J connectivity index is 1.70. The zero-order chi connectivity index (χ0) is 16.9. The molecule has 0 fully saturated rings. The van der Waals surface area contributed by atoms with Gasteiger partial charge in [-0.25, -0.2) is 14.8 Å². The van der Waals surface area contributed by atoms with E-state index in [4.69, 9.17) is 9.63 Å². The standard InChI is InChI=1S/C15H11N5O4/c21-13(11-12(15(22)23)17-7-6-16-11)18-8-10-19-14(24-20-10)9-4-2-1-3-5-9/h1-7H,8H2,(H,18,21)(H,22,23). The molecule has 2 N–H and O–H groups in total. The summed E-state index contributed by atoms with van der Waals surface area (Å²) in [6, 6.07) is 9.16. The van der Waals surface area contributed by atoms with Crippen LogP contribution in [0, 0.1) is 0 Å². The van der Waals surface area contributed by atoms with Crippen molar-refractivity contribution in [2.45, 2.75) is 6.54 Å². The van der Waals surface area contributed by atoms with E-state index in [0.717, 1.165) is 5.56 Å². The molecular weight excluding hydrogens is 314 g/mol. The van der Waals surface area contributed by atoms with E-state index in [1.807, 2.05) is 30.3 Å². The molecule has 3 aromatic rings. The van der Waals surface area contributed by atoms with Gasteiger partial charge in [-0.15, -0.1) is 0 Å². The number of nitrogens with one attached hydrogen (secondary N) is 1. The second-order valence-corrected chi connectivity index (χ2v) is 4.62. The summed E-state index contributed by atoms with van der Waals surface area (Å²) in [5.41, 5.74) is 0.0505. The van der Waals surface area contributed by atoms with Gasteiger partial charge in [0.1, 0.15) is 0 Å². The maximum Gasteiger partial charge on any atom is 0.356 e. The average Bonchev–Trinajstić information content (AvgIpc) is 3.09. The van der Waals surface area contributed by atoms with Crippen LogP contribution < -0.4 is 5.32 Å². The SMILES string of the molecule is O=C(O)c1nccnc1C(=O)NCc1noc(-c2ccccc2)n1. The molecule has 2 aromatic heterocycles. The van der Waals surface area contributed by atoms with Crippen LogP contribution in [0.2, 0.25) is 0 Å². The van der Waals surface area contributed by atoms with Gasteiger partial charge in [0, 0.05) is 18.0 Å².